The maximum Gasteiger partial charge on any atom is 0.337 e. The number of rotatable bonds is 5. The van der Waals surface area contributed by atoms with Gasteiger partial charge in [-0.3, -0.25) is 4.79 Å². The number of Topliss-reactive ketones (excluding diaryl/α,β-unsaturated/α-hetero) is 1. The molecule has 1 aromatic heterocycles. The lowest BCUT2D eigenvalue weighted by atomic mass is 10.1. The predicted octanol–water partition coefficient (Wildman–Crippen LogP) is 2.92. The van der Waals surface area contributed by atoms with Gasteiger partial charge in [-0.25, -0.2) is 4.79 Å². The molecule has 0 saturated carbocycles. The third-order valence-corrected chi connectivity index (χ3v) is 3.13. The highest BCUT2D eigenvalue weighted by atomic mass is 16.5. The van der Waals surface area contributed by atoms with Gasteiger partial charge in [0.25, 0.3) is 0 Å². The van der Waals surface area contributed by atoms with E-state index >= 15 is 0 Å². The van der Waals surface area contributed by atoms with Gasteiger partial charge in [-0.1, -0.05) is 19.1 Å². The molecule has 20 heavy (non-hydrogen) atoms. The van der Waals surface area contributed by atoms with Crippen LogP contribution in [0.4, 0.5) is 0 Å². The third kappa shape index (κ3) is 3.15. The van der Waals surface area contributed by atoms with Gasteiger partial charge in [-0.05, 0) is 23.8 Å². The van der Waals surface area contributed by atoms with Crippen LogP contribution in [0.25, 0.3) is 0 Å². The number of hydrogen-bond donors (Lipinski definition) is 0. The quantitative estimate of drug-likeness (QED) is 0.620. The minimum atomic E-state index is -0.339. The Morgan fingerprint density at radius 3 is 2.40 bits per heavy atom. The Bertz CT molecular complexity index is 611. The van der Waals surface area contributed by atoms with Crippen LogP contribution >= 0.6 is 0 Å². The number of carbonyl (C=O) groups is 2. The molecule has 0 radical (unpaired) electrons. The van der Waals surface area contributed by atoms with Crippen molar-refractivity contribution in [1.29, 1.82) is 0 Å². The molecule has 0 atom stereocenters. The lowest BCUT2D eigenvalue weighted by molar-refractivity contribution is 0.0600. The first-order valence-corrected chi connectivity index (χ1v) is 6.50. The molecule has 2 rings (SSSR count). The first-order chi connectivity index (χ1) is 9.63. The van der Waals surface area contributed by atoms with Crippen LogP contribution < -0.4 is 0 Å². The molecule has 104 valence electrons. The molecular formula is C16H17NO3. The lowest BCUT2D eigenvalue weighted by Gasteiger charge is -2.04. The summed E-state index contributed by atoms with van der Waals surface area (Å²) in [4.78, 5) is 22.9. The third-order valence-electron chi connectivity index (χ3n) is 3.13. The normalized spacial score (nSPS) is 10.3. The molecule has 1 aromatic carbocycles. The summed E-state index contributed by atoms with van der Waals surface area (Å²) in [5.74, 6) is -0.196. The van der Waals surface area contributed by atoms with Gasteiger partial charge in [0.15, 0.2) is 5.78 Å². The number of methoxy groups -OCH3 is 1. The molecule has 0 aliphatic rings. The smallest absolute Gasteiger partial charge is 0.337 e. The van der Waals surface area contributed by atoms with Gasteiger partial charge < -0.3 is 9.30 Å². The van der Waals surface area contributed by atoms with Gasteiger partial charge in [0, 0.05) is 30.9 Å². The number of ether oxygens (including phenoxy) is 1. The molecule has 2 aromatic rings. The van der Waals surface area contributed by atoms with E-state index in [1.54, 1.807) is 12.1 Å². The molecule has 1 heterocycles. The Morgan fingerprint density at radius 2 is 1.80 bits per heavy atom. The molecule has 0 N–H and O–H groups in total. The van der Waals surface area contributed by atoms with E-state index in [2.05, 4.69) is 4.74 Å². The SMILES string of the molecule is CCC(=O)c1ccn(Cc2ccc(C(=O)OC)cc2)c1. The highest BCUT2D eigenvalue weighted by Gasteiger charge is 2.06. The summed E-state index contributed by atoms with van der Waals surface area (Å²) >= 11 is 0. The zero-order valence-corrected chi connectivity index (χ0v) is 11.6. The maximum atomic E-state index is 11.6. The minimum absolute atomic E-state index is 0.143. The lowest BCUT2D eigenvalue weighted by Crippen LogP contribution is -2.02. The van der Waals surface area contributed by atoms with Crippen LogP contribution in [0.2, 0.25) is 0 Å². The molecule has 0 spiro atoms. The zero-order chi connectivity index (χ0) is 14.5. The fraction of sp³-hybridized carbons (Fsp3) is 0.250. The Balaban J connectivity index is 2.08. The van der Waals surface area contributed by atoms with Gasteiger partial charge in [-0.15, -0.1) is 0 Å². The van der Waals surface area contributed by atoms with E-state index in [1.807, 2.05) is 42.1 Å². The van der Waals surface area contributed by atoms with E-state index in [1.165, 1.54) is 7.11 Å². The van der Waals surface area contributed by atoms with Crippen LogP contribution in [0.3, 0.4) is 0 Å². The molecule has 4 nitrogen and oxygen atoms in total. The van der Waals surface area contributed by atoms with E-state index in [9.17, 15) is 9.59 Å². The number of carbonyl (C=O) groups excluding carboxylic acids is 2. The average molecular weight is 271 g/mol. The Kier molecular flexibility index (Phi) is 4.35. The number of nitrogens with zero attached hydrogens (tertiary/aromatic N) is 1. The molecule has 0 unspecified atom stereocenters. The standard InChI is InChI=1S/C16H17NO3/c1-3-15(18)14-8-9-17(11-14)10-12-4-6-13(7-5-12)16(19)20-2/h4-9,11H,3,10H2,1-2H3. The molecular weight excluding hydrogens is 254 g/mol. The van der Waals surface area contributed by atoms with Crippen LogP contribution in [-0.2, 0) is 11.3 Å². The van der Waals surface area contributed by atoms with Crippen molar-refractivity contribution in [1.82, 2.24) is 4.57 Å². The molecule has 0 amide bonds. The van der Waals surface area contributed by atoms with Crippen molar-refractivity contribution >= 4 is 11.8 Å². The fourth-order valence-corrected chi connectivity index (χ4v) is 1.98. The van der Waals surface area contributed by atoms with Gasteiger partial charge in [0.1, 0.15) is 0 Å². The summed E-state index contributed by atoms with van der Waals surface area (Å²) < 4.78 is 6.61. The summed E-state index contributed by atoms with van der Waals surface area (Å²) in [5, 5.41) is 0. The van der Waals surface area contributed by atoms with Crippen LogP contribution in [0.15, 0.2) is 42.7 Å². The number of hydrogen-bond acceptors (Lipinski definition) is 3. The van der Waals surface area contributed by atoms with Gasteiger partial charge in [-0.2, -0.15) is 0 Å². The van der Waals surface area contributed by atoms with Crippen molar-refractivity contribution in [3.8, 4) is 0 Å². The molecule has 0 aliphatic heterocycles. The highest BCUT2D eigenvalue weighted by molar-refractivity contribution is 5.95. The first-order valence-electron chi connectivity index (χ1n) is 6.50. The van der Waals surface area contributed by atoms with Crippen molar-refractivity contribution in [3.63, 3.8) is 0 Å². The summed E-state index contributed by atoms with van der Waals surface area (Å²) in [7, 11) is 1.36. The van der Waals surface area contributed by atoms with Crippen molar-refractivity contribution in [3.05, 3.63) is 59.4 Å². The van der Waals surface area contributed by atoms with Crippen LogP contribution in [-0.4, -0.2) is 23.4 Å². The van der Waals surface area contributed by atoms with Crippen LogP contribution in [0.5, 0.6) is 0 Å². The molecule has 0 saturated heterocycles. The fourth-order valence-electron chi connectivity index (χ4n) is 1.98. The zero-order valence-electron chi connectivity index (χ0n) is 11.6. The Hall–Kier alpha value is -2.36. The van der Waals surface area contributed by atoms with Crippen LogP contribution in [0, 0.1) is 0 Å². The van der Waals surface area contributed by atoms with E-state index in [0.29, 0.717) is 18.5 Å². The topological polar surface area (TPSA) is 48.3 Å². The summed E-state index contributed by atoms with van der Waals surface area (Å²) in [6.07, 6.45) is 4.25. The van der Waals surface area contributed by atoms with E-state index in [4.69, 9.17) is 0 Å². The summed E-state index contributed by atoms with van der Waals surface area (Å²) in [6, 6.07) is 9.07. The second-order valence-electron chi connectivity index (χ2n) is 4.54. The van der Waals surface area contributed by atoms with Gasteiger partial charge in [0.05, 0.1) is 12.7 Å². The highest BCUT2D eigenvalue weighted by Crippen LogP contribution is 2.10. The van der Waals surface area contributed by atoms with Gasteiger partial charge in [0.2, 0.25) is 0 Å². The van der Waals surface area contributed by atoms with Crippen molar-refractivity contribution in [2.24, 2.45) is 0 Å². The van der Waals surface area contributed by atoms with E-state index in [0.717, 1.165) is 11.1 Å². The molecule has 0 fully saturated rings. The Labute approximate surface area is 118 Å². The van der Waals surface area contributed by atoms with E-state index < -0.39 is 0 Å². The monoisotopic (exact) mass is 271 g/mol. The summed E-state index contributed by atoms with van der Waals surface area (Å²) in [5.41, 5.74) is 2.33. The Morgan fingerprint density at radius 1 is 1.10 bits per heavy atom. The van der Waals surface area contributed by atoms with Crippen LogP contribution in [0.1, 0.15) is 39.6 Å². The van der Waals surface area contributed by atoms with Crippen molar-refractivity contribution < 1.29 is 14.3 Å². The number of benzene rings is 1. The second kappa shape index (κ2) is 6.19. The second-order valence-corrected chi connectivity index (χ2v) is 4.54. The number of esters is 1. The average Bonchev–Trinajstić information content (AvgIpc) is 2.95. The molecule has 0 bridgehead atoms. The minimum Gasteiger partial charge on any atom is -0.465 e. The number of ketones is 1. The molecule has 4 heteroatoms. The van der Waals surface area contributed by atoms with Crippen molar-refractivity contribution in [2.45, 2.75) is 19.9 Å². The maximum absolute atomic E-state index is 11.6. The summed E-state index contributed by atoms with van der Waals surface area (Å²) in [6.45, 7) is 2.52. The van der Waals surface area contributed by atoms with Gasteiger partial charge >= 0.3 is 5.97 Å². The first kappa shape index (κ1) is 14.1. The van der Waals surface area contributed by atoms with Crippen molar-refractivity contribution in [2.75, 3.05) is 7.11 Å². The predicted molar refractivity (Wildman–Crippen MR) is 75.9 cm³/mol. The number of aromatic nitrogens is 1. The van der Waals surface area contributed by atoms with E-state index in [-0.39, 0.29) is 11.8 Å². The largest absolute Gasteiger partial charge is 0.465 e. The molecule has 0 aliphatic carbocycles.